The summed E-state index contributed by atoms with van der Waals surface area (Å²) in [5.41, 5.74) is 4.68. The molecule has 2 N–H and O–H groups in total. The minimum absolute atomic E-state index is 0.0963. The first-order chi connectivity index (χ1) is 11.2. The molecule has 23 heavy (non-hydrogen) atoms. The second-order valence-electron chi connectivity index (χ2n) is 6.01. The molecule has 0 unspecified atom stereocenters. The first-order valence-corrected chi connectivity index (χ1v) is 7.74. The van der Waals surface area contributed by atoms with Crippen molar-refractivity contribution in [2.24, 2.45) is 0 Å². The van der Waals surface area contributed by atoms with E-state index < -0.39 is 0 Å². The van der Waals surface area contributed by atoms with Gasteiger partial charge in [-0.1, -0.05) is 12.1 Å². The minimum Gasteiger partial charge on any atom is -0.359 e. The quantitative estimate of drug-likeness (QED) is 0.765. The average molecular weight is 306 g/mol. The zero-order chi connectivity index (χ0) is 15.8. The summed E-state index contributed by atoms with van der Waals surface area (Å²) in [6, 6.07) is 7.86. The van der Waals surface area contributed by atoms with Crippen LogP contribution in [0.3, 0.4) is 0 Å². The molecule has 0 atom stereocenters. The Morgan fingerprint density at radius 2 is 2.22 bits per heavy atom. The van der Waals surface area contributed by atoms with E-state index in [-0.39, 0.29) is 5.91 Å². The van der Waals surface area contributed by atoms with Crippen molar-refractivity contribution in [2.75, 3.05) is 18.9 Å². The number of aromatic nitrogens is 2. The number of hydrogen-bond acceptors (Lipinski definition) is 3. The molecule has 1 amide bonds. The van der Waals surface area contributed by atoms with Crippen molar-refractivity contribution < 1.29 is 4.79 Å². The first kappa shape index (κ1) is 14.0. The monoisotopic (exact) mass is 306 g/mol. The molecule has 5 heteroatoms. The number of aromatic amines is 1. The number of pyridine rings is 1. The number of likely N-dealkylation sites (N-methyl/N-ethyl adjacent to an activating group) is 1. The van der Waals surface area contributed by atoms with E-state index in [4.69, 9.17) is 0 Å². The first-order valence-electron chi connectivity index (χ1n) is 7.74. The summed E-state index contributed by atoms with van der Waals surface area (Å²) in [6.07, 6.45) is 6.30. The second-order valence-corrected chi connectivity index (χ2v) is 6.01. The van der Waals surface area contributed by atoms with E-state index in [9.17, 15) is 4.79 Å². The highest BCUT2D eigenvalue weighted by Gasteiger charge is 2.20. The van der Waals surface area contributed by atoms with Crippen LogP contribution in [0.2, 0.25) is 0 Å². The Kier molecular flexibility index (Phi) is 3.35. The Bertz CT molecular complexity index is 884. The number of amides is 1. The summed E-state index contributed by atoms with van der Waals surface area (Å²) in [5.74, 6) is -0.0963. The third-order valence-electron chi connectivity index (χ3n) is 4.41. The van der Waals surface area contributed by atoms with Gasteiger partial charge in [0, 0.05) is 37.1 Å². The van der Waals surface area contributed by atoms with Crippen LogP contribution in [0.25, 0.3) is 10.9 Å². The number of carbonyl (C=O) groups excluding carboxylic acids is 1. The molecule has 0 saturated heterocycles. The van der Waals surface area contributed by atoms with Crippen molar-refractivity contribution in [1.82, 2.24) is 14.9 Å². The van der Waals surface area contributed by atoms with Gasteiger partial charge < -0.3 is 15.2 Å². The van der Waals surface area contributed by atoms with E-state index in [0.717, 1.165) is 47.2 Å². The highest BCUT2D eigenvalue weighted by Crippen LogP contribution is 2.24. The molecule has 0 fully saturated rings. The second kappa shape index (κ2) is 5.52. The van der Waals surface area contributed by atoms with E-state index in [1.165, 1.54) is 0 Å². The summed E-state index contributed by atoms with van der Waals surface area (Å²) in [5, 5.41) is 4.11. The fraction of sp³-hybridized carbons (Fsp3) is 0.222. The van der Waals surface area contributed by atoms with Gasteiger partial charge in [0.1, 0.15) is 0 Å². The topological polar surface area (TPSA) is 61.0 Å². The Morgan fingerprint density at radius 1 is 1.30 bits per heavy atom. The van der Waals surface area contributed by atoms with E-state index in [2.05, 4.69) is 27.2 Å². The largest absolute Gasteiger partial charge is 0.359 e. The molecule has 1 aliphatic heterocycles. The number of nitrogens with one attached hydrogen (secondary N) is 2. The highest BCUT2D eigenvalue weighted by molar-refractivity contribution is 6.09. The Morgan fingerprint density at radius 3 is 3.13 bits per heavy atom. The molecule has 0 saturated carbocycles. The van der Waals surface area contributed by atoms with Crippen LogP contribution < -0.4 is 5.32 Å². The summed E-state index contributed by atoms with van der Waals surface area (Å²) in [6.45, 7) is 1.80. The molecule has 116 valence electrons. The van der Waals surface area contributed by atoms with Gasteiger partial charge >= 0.3 is 0 Å². The van der Waals surface area contributed by atoms with Gasteiger partial charge in [-0.15, -0.1) is 0 Å². The van der Waals surface area contributed by atoms with Crippen LogP contribution in [-0.2, 0) is 13.0 Å². The Balaban J connectivity index is 1.68. The minimum atomic E-state index is -0.0963. The Hall–Kier alpha value is -2.66. The number of benzene rings is 1. The van der Waals surface area contributed by atoms with Gasteiger partial charge in [0.25, 0.3) is 5.91 Å². The van der Waals surface area contributed by atoms with Crippen molar-refractivity contribution >= 4 is 22.5 Å². The average Bonchev–Trinajstić information content (AvgIpc) is 3.03. The zero-order valence-corrected chi connectivity index (χ0v) is 13.0. The van der Waals surface area contributed by atoms with E-state index in [1.54, 1.807) is 6.20 Å². The summed E-state index contributed by atoms with van der Waals surface area (Å²) >= 11 is 0. The Labute approximate surface area is 134 Å². The number of H-pyrrole nitrogens is 1. The van der Waals surface area contributed by atoms with Crippen molar-refractivity contribution in [3.63, 3.8) is 0 Å². The van der Waals surface area contributed by atoms with Crippen LogP contribution in [0.4, 0.5) is 5.69 Å². The number of fused-ring (bicyclic) bond motifs is 2. The smallest absolute Gasteiger partial charge is 0.257 e. The molecular weight excluding hydrogens is 288 g/mol. The van der Waals surface area contributed by atoms with Crippen molar-refractivity contribution in [2.45, 2.75) is 13.0 Å². The van der Waals surface area contributed by atoms with Gasteiger partial charge in [-0.25, -0.2) is 0 Å². The highest BCUT2D eigenvalue weighted by atomic mass is 16.1. The molecule has 3 aromatic rings. The number of hydrogen-bond donors (Lipinski definition) is 2. The van der Waals surface area contributed by atoms with Gasteiger partial charge in [-0.3, -0.25) is 9.78 Å². The standard InChI is InChI=1S/C18H18N4O/c1-22-8-6-14-13(11-22)9-19-10-15(14)18(23)21-16-4-2-3-12-5-7-20-17(12)16/h2-5,7,9-10,20H,6,8,11H2,1H3,(H,21,23). The van der Waals surface area contributed by atoms with Crippen LogP contribution in [0.1, 0.15) is 21.5 Å². The predicted octanol–water partition coefficient (Wildman–Crippen LogP) is 2.80. The molecule has 0 spiro atoms. The van der Waals surface area contributed by atoms with Gasteiger partial charge in [0.05, 0.1) is 16.8 Å². The van der Waals surface area contributed by atoms with Crippen molar-refractivity contribution in [3.8, 4) is 0 Å². The summed E-state index contributed by atoms with van der Waals surface area (Å²) in [7, 11) is 2.08. The lowest BCUT2D eigenvalue weighted by Gasteiger charge is -2.26. The maximum Gasteiger partial charge on any atom is 0.257 e. The maximum absolute atomic E-state index is 12.8. The van der Waals surface area contributed by atoms with E-state index in [0.29, 0.717) is 5.56 Å². The SMILES string of the molecule is CN1CCc2c(cncc2C(=O)Nc2cccc3cc[nH]c23)C1. The van der Waals surface area contributed by atoms with Crippen LogP contribution in [0.5, 0.6) is 0 Å². The molecule has 5 nitrogen and oxygen atoms in total. The summed E-state index contributed by atoms with van der Waals surface area (Å²) in [4.78, 5) is 22.4. The molecule has 0 bridgehead atoms. The zero-order valence-electron chi connectivity index (χ0n) is 13.0. The van der Waals surface area contributed by atoms with Crippen LogP contribution in [0.15, 0.2) is 42.9 Å². The third-order valence-corrected chi connectivity index (χ3v) is 4.41. The lowest BCUT2D eigenvalue weighted by Crippen LogP contribution is -2.29. The molecule has 1 aromatic carbocycles. The number of carbonyl (C=O) groups is 1. The van der Waals surface area contributed by atoms with Crippen molar-refractivity contribution in [3.05, 3.63) is 59.5 Å². The molecule has 0 aliphatic carbocycles. The van der Waals surface area contributed by atoms with Crippen LogP contribution >= 0.6 is 0 Å². The van der Waals surface area contributed by atoms with Gasteiger partial charge in [-0.05, 0) is 36.7 Å². The molecule has 1 aliphatic rings. The lowest BCUT2D eigenvalue weighted by molar-refractivity contribution is 0.102. The molecule has 4 rings (SSSR count). The molecule has 3 heterocycles. The van der Waals surface area contributed by atoms with Gasteiger partial charge in [-0.2, -0.15) is 0 Å². The number of anilines is 1. The fourth-order valence-electron chi connectivity index (χ4n) is 3.21. The third kappa shape index (κ3) is 2.49. The van der Waals surface area contributed by atoms with Crippen molar-refractivity contribution in [1.29, 1.82) is 0 Å². The predicted molar refractivity (Wildman–Crippen MR) is 90.5 cm³/mol. The van der Waals surface area contributed by atoms with Crippen LogP contribution in [-0.4, -0.2) is 34.4 Å². The number of para-hydroxylation sites is 1. The molecule has 0 radical (unpaired) electrons. The summed E-state index contributed by atoms with van der Waals surface area (Å²) < 4.78 is 0. The molecule has 2 aromatic heterocycles. The lowest BCUT2D eigenvalue weighted by atomic mass is 9.97. The molecular formula is C18H18N4O. The number of rotatable bonds is 2. The van der Waals surface area contributed by atoms with Gasteiger partial charge in [0.15, 0.2) is 0 Å². The normalized spacial score (nSPS) is 14.7. The maximum atomic E-state index is 12.8. The van der Waals surface area contributed by atoms with Gasteiger partial charge in [0.2, 0.25) is 0 Å². The van der Waals surface area contributed by atoms with E-state index in [1.807, 2.05) is 36.7 Å². The van der Waals surface area contributed by atoms with E-state index >= 15 is 0 Å². The number of nitrogens with zero attached hydrogens (tertiary/aromatic N) is 2. The fourth-order valence-corrected chi connectivity index (χ4v) is 3.21. The van der Waals surface area contributed by atoms with Crippen LogP contribution in [0, 0.1) is 0 Å².